The Balaban J connectivity index is 0.00000391. The van der Waals surface area contributed by atoms with E-state index in [0.29, 0.717) is 18.7 Å². The van der Waals surface area contributed by atoms with E-state index in [1.807, 2.05) is 20.1 Å². The number of carbonyl (C=O) groups excluding carboxylic acids is 6. The lowest BCUT2D eigenvalue weighted by atomic mass is 10.00. The van der Waals surface area contributed by atoms with E-state index in [2.05, 4.69) is 45.4 Å². The van der Waals surface area contributed by atoms with Crippen LogP contribution in [0.4, 0.5) is 0 Å². The van der Waals surface area contributed by atoms with Gasteiger partial charge in [-0.25, -0.2) is 0 Å². The van der Waals surface area contributed by atoms with Crippen LogP contribution in [0.5, 0.6) is 0 Å². The van der Waals surface area contributed by atoms with E-state index < -0.39 is 71.9 Å². The molecule has 3 unspecified atom stereocenters. The van der Waals surface area contributed by atoms with Crippen LogP contribution in [0.2, 0.25) is 0 Å². The molecule has 346 valence electrons. The number of carboxylic acid groups (broad SMARTS) is 1. The summed E-state index contributed by atoms with van der Waals surface area (Å²) in [7, 11) is 0. The Hall–Kier alpha value is -3.73. The molecule has 0 aromatic heterocycles. The van der Waals surface area contributed by atoms with Gasteiger partial charge in [-0.15, -0.1) is 0 Å². The van der Waals surface area contributed by atoms with Crippen molar-refractivity contribution in [3.05, 3.63) is 0 Å². The highest BCUT2D eigenvalue weighted by atomic mass is 32.2. The van der Waals surface area contributed by atoms with Gasteiger partial charge in [-0.2, -0.15) is 11.8 Å². The average molecular weight is 869 g/mol. The van der Waals surface area contributed by atoms with E-state index in [4.69, 9.17) is 11.5 Å². The van der Waals surface area contributed by atoms with Crippen LogP contribution in [0, 0.1) is 5.92 Å². The van der Waals surface area contributed by atoms with Gasteiger partial charge in [-0.3, -0.25) is 38.6 Å². The maximum Gasteiger partial charge on any atom is 0.303 e. The lowest BCUT2D eigenvalue weighted by molar-refractivity contribution is -0.140. The molecule has 1 fully saturated rings. The van der Waals surface area contributed by atoms with E-state index in [1.165, 1.54) is 50.3 Å². The number of nitrogens with two attached hydrogens (primary N) is 2. The van der Waals surface area contributed by atoms with Crippen LogP contribution < -0.4 is 38.1 Å². The van der Waals surface area contributed by atoms with Crippen molar-refractivity contribution in [1.82, 2.24) is 26.6 Å². The van der Waals surface area contributed by atoms with E-state index in [0.717, 1.165) is 38.5 Å². The van der Waals surface area contributed by atoms with Gasteiger partial charge in [0.25, 0.3) is 0 Å². The predicted molar refractivity (Wildman–Crippen MR) is 240 cm³/mol. The summed E-state index contributed by atoms with van der Waals surface area (Å²) >= 11 is 1.44. The van der Waals surface area contributed by atoms with Gasteiger partial charge < -0.3 is 43.2 Å². The summed E-state index contributed by atoms with van der Waals surface area (Å²) in [5.41, 5.74) is 10.9. The third-order valence-electron chi connectivity index (χ3n) is 10.1. The monoisotopic (exact) mass is 869 g/mol. The number of guanidine groups is 1. The minimum atomic E-state index is -1.37. The Labute approximate surface area is 363 Å². The van der Waals surface area contributed by atoms with Crippen LogP contribution >= 0.6 is 11.8 Å². The molecule has 16 nitrogen and oxygen atoms in total. The zero-order valence-corrected chi connectivity index (χ0v) is 38.4. The number of Topliss-reactive ketones (excluding diaryl/α,β-unsaturated/α-hetero) is 2. The predicted octanol–water partition coefficient (Wildman–Crippen LogP) is 4.26. The molecule has 0 spiro atoms. The van der Waals surface area contributed by atoms with Gasteiger partial charge in [0.15, 0.2) is 5.96 Å². The molecule has 1 saturated heterocycles. The number of thioether (sulfide) groups is 1. The number of carboxylic acids is 1. The number of aliphatic imine (C=N–C) groups is 1. The van der Waals surface area contributed by atoms with Gasteiger partial charge in [0.1, 0.15) is 18.1 Å². The second-order valence-electron chi connectivity index (χ2n) is 16.1. The van der Waals surface area contributed by atoms with Crippen molar-refractivity contribution in [2.45, 2.75) is 193 Å². The van der Waals surface area contributed by atoms with Crippen LogP contribution in [-0.2, 0) is 33.6 Å². The minimum Gasteiger partial charge on any atom is -0.481 e. The first-order valence-electron chi connectivity index (χ1n) is 22.4. The summed E-state index contributed by atoms with van der Waals surface area (Å²) in [6.45, 7) is 10.6. The molecule has 1 heterocycles. The lowest BCUT2D eigenvalue weighted by Gasteiger charge is -2.27. The summed E-state index contributed by atoms with van der Waals surface area (Å²) in [6, 6.07) is -5.54. The highest BCUT2D eigenvalue weighted by Crippen LogP contribution is 2.13. The molecule has 0 aromatic carbocycles. The molecular weight excluding hydrogens is 789 g/mol. The van der Waals surface area contributed by atoms with Crippen LogP contribution in [0.3, 0.4) is 0 Å². The standard InChI is InChI=1S/C35H62N8O8S.C8H18/c1-22(2)21-27-34(51)43-26(15-16-29(45)46)33(50)42-25(13-12-19-39-35(36)37)32(49)41-24(17-20-52-4)31(48)30(47)23(3)38-18-11-9-7-5-6-8-10-14-28(44)40-27;1-3-5-7-8-6-4-2/h22-27,38H,5-21H2,1-4H3,(H,40,44)(H,41,49)(H,42,50)(H,43,51)(H,45,46)(H4,36,37,39);3-8H2,1-2H3/t23?,24?,25-,26?,27-;/m0./s1. The van der Waals surface area contributed by atoms with Crippen molar-refractivity contribution in [2.75, 3.05) is 25.1 Å². The quantitative estimate of drug-likeness (QED) is 0.0441. The first-order valence-corrected chi connectivity index (χ1v) is 23.7. The van der Waals surface area contributed by atoms with Gasteiger partial charge >= 0.3 is 5.97 Å². The summed E-state index contributed by atoms with van der Waals surface area (Å²) in [5, 5.41) is 23.2. The van der Waals surface area contributed by atoms with Gasteiger partial charge in [0, 0.05) is 19.4 Å². The molecule has 1 aliphatic rings. The fourth-order valence-corrected chi connectivity index (χ4v) is 7.02. The highest BCUT2D eigenvalue weighted by molar-refractivity contribution is 7.98. The summed E-state index contributed by atoms with van der Waals surface area (Å²) in [6.07, 6.45) is 16.6. The molecule has 1 rings (SSSR count). The number of aliphatic carboxylic acids is 1. The Bertz CT molecular complexity index is 1310. The van der Waals surface area contributed by atoms with E-state index in [-0.39, 0.29) is 62.9 Å². The lowest BCUT2D eigenvalue weighted by Crippen LogP contribution is -2.58. The number of rotatable bonds is 17. The number of nitrogens with zero attached hydrogens (tertiary/aromatic N) is 1. The third-order valence-corrected chi connectivity index (χ3v) is 10.7. The van der Waals surface area contributed by atoms with Crippen molar-refractivity contribution >= 4 is 58.9 Å². The zero-order valence-electron chi connectivity index (χ0n) is 37.5. The second kappa shape index (κ2) is 34.9. The minimum absolute atomic E-state index is 0.00325. The first-order chi connectivity index (χ1) is 28.6. The van der Waals surface area contributed by atoms with Crippen LogP contribution in [-0.4, -0.2) is 108 Å². The molecule has 5 atom stereocenters. The maximum absolute atomic E-state index is 13.8. The number of hydrogen-bond donors (Lipinski definition) is 8. The molecule has 10 N–H and O–H groups in total. The molecule has 60 heavy (non-hydrogen) atoms. The number of ketones is 2. The number of amides is 4. The fraction of sp³-hybridized carbons (Fsp3) is 0.814. The van der Waals surface area contributed by atoms with Crippen molar-refractivity contribution in [3.8, 4) is 0 Å². The SMILES string of the molecule is CCCCCCCC.CSCCC1NC(=O)[C@H](CCCN=C(N)N)NC(=O)C(CCC(=O)O)NC(=O)[C@H](CC(C)C)NC(=O)CCCCCCCCCNC(C)C(=O)C1=O. The van der Waals surface area contributed by atoms with Gasteiger partial charge in [0.2, 0.25) is 35.2 Å². The van der Waals surface area contributed by atoms with E-state index in [9.17, 15) is 38.7 Å². The molecule has 0 aliphatic carbocycles. The largest absolute Gasteiger partial charge is 0.481 e. The van der Waals surface area contributed by atoms with Crippen molar-refractivity contribution in [1.29, 1.82) is 0 Å². The maximum atomic E-state index is 13.8. The zero-order chi connectivity index (χ0) is 45.3. The molecule has 17 heteroatoms. The Morgan fingerprint density at radius 2 is 1.25 bits per heavy atom. The van der Waals surface area contributed by atoms with Crippen LogP contribution in [0.25, 0.3) is 0 Å². The second-order valence-corrected chi connectivity index (χ2v) is 17.1. The molecule has 0 bridgehead atoms. The number of unbranched alkanes of at least 4 members (excludes halogenated alkanes) is 5. The molecule has 0 radical (unpaired) electrons. The Morgan fingerprint density at radius 3 is 1.78 bits per heavy atom. The smallest absolute Gasteiger partial charge is 0.303 e. The number of carbonyl (C=O) groups is 7. The highest BCUT2D eigenvalue weighted by Gasteiger charge is 2.34. The Kier molecular flexibility index (Phi) is 32.8. The number of hydrogen-bond acceptors (Lipinski definition) is 10. The molecule has 0 saturated carbocycles. The van der Waals surface area contributed by atoms with Crippen molar-refractivity contribution < 1.29 is 38.7 Å². The van der Waals surface area contributed by atoms with E-state index in [1.54, 1.807) is 6.92 Å². The van der Waals surface area contributed by atoms with Crippen LogP contribution in [0.1, 0.15) is 163 Å². The third kappa shape index (κ3) is 27.9. The van der Waals surface area contributed by atoms with Crippen molar-refractivity contribution in [3.63, 3.8) is 0 Å². The van der Waals surface area contributed by atoms with E-state index >= 15 is 0 Å². The summed E-state index contributed by atoms with van der Waals surface area (Å²) in [5.74, 6) is -4.86. The molecule has 4 amide bonds. The topological polar surface area (TPSA) is 264 Å². The van der Waals surface area contributed by atoms with Gasteiger partial charge in [0.05, 0.1) is 12.1 Å². The molecule has 0 aromatic rings. The average Bonchev–Trinajstić information content (AvgIpc) is 3.19. The van der Waals surface area contributed by atoms with Gasteiger partial charge in [-0.1, -0.05) is 98.3 Å². The summed E-state index contributed by atoms with van der Waals surface area (Å²) < 4.78 is 0. The van der Waals surface area contributed by atoms with Gasteiger partial charge in [-0.05, 0) is 76.3 Å². The first kappa shape index (κ1) is 56.3. The molecular formula is C43H80N8O8S. The molecule has 1 aliphatic heterocycles. The summed E-state index contributed by atoms with van der Waals surface area (Å²) in [4.78, 5) is 95.9. The fourth-order valence-electron chi connectivity index (χ4n) is 6.54. The van der Waals surface area contributed by atoms with Crippen molar-refractivity contribution in [2.24, 2.45) is 22.4 Å². The Morgan fingerprint density at radius 1 is 0.717 bits per heavy atom. The normalized spacial score (nSPS) is 22.5. The number of nitrogens with one attached hydrogen (secondary N) is 5. The van der Waals surface area contributed by atoms with Crippen LogP contribution in [0.15, 0.2) is 4.99 Å².